The molecule has 2 atom stereocenters. The molecule has 3 heteroatoms. The number of benzene rings is 1. The van der Waals surface area contributed by atoms with E-state index >= 15 is 0 Å². The molecule has 104 valence electrons. The zero-order valence-electron chi connectivity index (χ0n) is 12.3. The first kappa shape index (κ1) is 14.4. The van der Waals surface area contributed by atoms with Gasteiger partial charge in [-0.15, -0.1) is 11.6 Å². The Morgan fingerprint density at radius 3 is 2.68 bits per heavy atom. The van der Waals surface area contributed by atoms with Gasteiger partial charge >= 0.3 is 0 Å². The van der Waals surface area contributed by atoms with E-state index in [0.717, 1.165) is 12.1 Å². The highest BCUT2D eigenvalue weighted by atomic mass is 35.5. The summed E-state index contributed by atoms with van der Waals surface area (Å²) in [5, 5.41) is -0.498. The van der Waals surface area contributed by atoms with Crippen LogP contribution in [0, 0.1) is 6.92 Å². The lowest BCUT2D eigenvalue weighted by atomic mass is 9.79. The Bertz CT molecular complexity index is 507. The molecule has 0 N–H and O–H groups in total. The minimum Gasteiger partial charge on any atom is -0.305 e. The fourth-order valence-corrected chi connectivity index (χ4v) is 3.24. The summed E-state index contributed by atoms with van der Waals surface area (Å²) in [6.45, 7) is 10.3. The first-order valence-corrected chi connectivity index (χ1v) is 7.26. The number of hydrogen-bond donors (Lipinski definition) is 0. The van der Waals surface area contributed by atoms with Crippen molar-refractivity contribution in [2.24, 2.45) is 0 Å². The van der Waals surface area contributed by atoms with E-state index in [4.69, 9.17) is 11.6 Å². The van der Waals surface area contributed by atoms with Crippen molar-refractivity contribution in [2.75, 3.05) is 4.90 Å². The number of rotatable bonds is 1. The number of fused-ring (bicyclic) bond motifs is 1. The Balaban J connectivity index is 2.58. The largest absolute Gasteiger partial charge is 0.305 e. The third kappa shape index (κ3) is 2.51. The summed E-state index contributed by atoms with van der Waals surface area (Å²) in [6.07, 6.45) is 0.957. The average Bonchev–Trinajstić information content (AvgIpc) is 2.28. The highest BCUT2D eigenvalue weighted by Crippen LogP contribution is 2.44. The number of anilines is 1. The summed E-state index contributed by atoms with van der Waals surface area (Å²) in [7, 11) is 0. The molecule has 1 aromatic carbocycles. The zero-order chi connectivity index (χ0) is 14.4. The smallest absolute Gasteiger partial charge is 0.245 e. The summed E-state index contributed by atoms with van der Waals surface area (Å²) in [5.41, 5.74) is 3.32. The number of hydrogen-bond acceptors (Lipinski definition) is 1. The van der Waals surface area contributed by atoms with Gasteiger partial charge in [-0.05, 0) is 51.7 Å². The molecular formula is C16H22ClNO. The lowest BCUT2D eigenvalue weighted by molar-refractivity contribution is -0.119. The Morgan fingerprint density at radius 2 is 2.11 bits per heavy atom. The molecule has 0 bridgehead atoms. The Labute approximate surface area is 120 Å². The van der Waals surface area contributed by atoms with Crippen LogP contribution in [-0.4, -0.2) is 16.8 Å². The molecule has 1 aromatic rings. The summed E-state index contributed by atoms with van der Waals surface area (Å²) in [5.74, 6) is 0.447. The van der Waals surface area contributed by atoms with Crippen LogP contribution in [-0.2, 0) is 4.79 Å². The van der Waals surface area contributed by atoms with Gasteiger partial charge in [0.1, 0.15) is 5.38 Å². The van der Waals surface area contributed by atoms with Crippen LogP contribution >= 0.6 is 11.6 Å². The van der Waals surface area contributed by atoms with Crippen LogP contribution in [0.5, 0.6) is 0 Å². The van der Waals surface area contributed by atoms with Crippen LogP contribution in [0.4, 0.5) is 5.69 Å². The van der Waals surface area contributed by atoms with Crippen LogP contribution < -0.4 is 4.90 Å². The summed E-state index contributed by atoms with van der Waals surface area (Å²) < 4.78 is 0. The van der Waals surface area contributed by atoms with E-state index in [9.17, 15) is 4.79 Å². The van der Waals surface area contributed by atoms with Crippen LogP contribution in [0.15, 0.2) is 18.2 Å². The maximum absolute atomic E-state index is 12.5. The number of amides is 1. The molecule has 0 fully saturated rings. The Hall–Kier alpha value is -1.02. The molecule has 0 aromatic heterocycles. The molecule has 1 aliphatic rings. The fourth-order valence-electron chi connectivity index (χ4n) is 3.14. The van der Waals surface area contributed by atoms with Crippen LogP contribution in [0.1, 0.15) is 51.2 Å². The number of halogens is 1. The average molecular weight is 280 g/mol. The van der Waals surface area contributed by atoms with Crippen molar-refractivity contribution in [3.63, 3.8) is 0 Å². The van der Waals surface area contributed by atoms with Crippen molar-refractivity contribution in [3.8, 4) is 0 Å². The van der Waals surface area contributed by atoms with Gasteiger partial charge in [0.05, 0.1) is 0 Å². The van der Waals surface area contributed by atoms with Crippen LogP contribution in [0.2, 0.25) is 0 Å². The maximum Gasteiger partial charge on any atom is 0.245 e. The van der Waals surface area contributed by atoms with Crippen molar-refractivity contribution in [2.45, 2.75) is 57.9 Å². The van der Waals surface area contributed by atoms with E-state index < -0.39 is 5.38 Å². The molecular weight excluding hydrogens is 258 g/mol. The minimum atomic E-state index is -0.498. The topological polar surface area (TPSA) is 20.3 Å². The van der Waals surface area contributed by atoms with Gasteiger partial charge in [-0.3, -0.25) is 4.79 Å². The normalized spacial score (nSPS) is 22.8. The quantitative estimate of drug-likeness (QED) is 0.704. The SMILES string of the molecule is Cc1ccc2c(c1)[C@@H](C)CC(C)(C)N2C(=O)[C@H](C)Cl. The van der Waals surface area contributed by atoms with Gasteiger partial charge < -0.3 is 4.90 Å². The van der Waals surface area contributed by atoms with Gasteiger partial charge in [0, 0.05) is 11.2 Å². The first-order chi connectivity index (χ1) is 8.74. The van der Waals surface area contributed by atoms with Gasteiger partial charge in [-0.2, -0.15) is 0 Å². The van der Waals surface area contributed by atoms with E-state index in [1.54, 1.807) is 6.92 Å². The fraction of sp³-hybridized carbons (Fsp3) is 0.562. The standard InChI is InChI=1S/C16H22ClNO/c1-10-6-7-14-13(8-10)11(2)9-16(4,5)18(14)15(19)12(3)17/h6-8,11-12H,9H2,1-5H3/t11-,12-/m0/s1. The van der Waals surface area contributed by atoms with Gasteiger partial charge in [-0.25, -0.2) is 0 Å². The highest BCUT2D eigenvalue weighted by molar-refractivity contribution is 6.32. The van der Waals surface area contributed by atoms with E-state index in [0.29, 0.717) is 5.92 Å². The van der Waals surface area contributed by atoms with Crippen molar-refractivity contribution < 1.29 is 4.79 Å². The maximum atomic E-state index is 12.5. The molecule has 0 unspecified atom stereocenters. The van der Waals surface area contributed by atoms with Crippen molar-refractivity contribution in [1.29, 1.82) is 0 Å². The zero-order valence-corrected chi connectivity index (χ0v) is 13.1. The number of carbonyl (C=O) groups is 1. The molecule has 0 saturated heterocycles. The number of alkyl halides is 1. The molecule has 0 saturated carbocycles. The lowest BCUT2D eigenvalue weighted by Crippen LogP contribution is -2.53. The van der Waals surface area contributed by atoms with Gasteiger partial charge in [0.25, 0.3) is 0 Å². The number of nitrogens with zero attached hydrogens (tertiary/aromatic N) is 1. The van der Waals surface area contributed by atoms with Crippen molar-refractivity contribution >= 4 is 23.2 Å². The third-order valence-corrected chi connectivity index (χ3v) is 4.11. The predicted molar refractivity (Wildman–Crippen MR) is 81.1 cm³/mol. The van der Waals surface area contributed by atoms with Gasteiger partial charge in [0.15, 0.2) is 0 Å². The van der Waals surface area contributed by atoms with Crippen molar-refractivity contribution in [3.05, 3.63) is 29.3 Å². The van der Waals surface area contributed by atoms with Crippen LogP contribution in [0.3, 0.4) is 0 Å². The molecule has 19 heavy (non-hydrogen) atoms. The van der Waals surface area contributed by atoms with E-state index in [2.05, 4.69) is 45.9 Å². The minimum absolute atomic E-state index is 0.0105. The second-order valence-electron chi connectivity index (χ2n) is 6.27. The summed E-state index contributed by atoms with van der Waals surface area (Å²) >= 11 is 6.03. The number of aryl methyl sites for hydroxylation is 1. The highest BCUT2D eigenvalue weighted by Gasteiger charge is 2.40. The van der Waals surface area contributed by atoms with Crippen LogP contribution in [0.25, 0.3) is 0 Å². The second-order valence-corrected chi connectivity index (χ2v) is 6.92. The molecule has 1 heterocycles. The Kier molecular flexibility index (Phi) is 3.65. The Morgan fingerprint density at radius 1 is 1.47 bits per heavy atom. The number of carbonyl (C=O) groups excluding carboxylic acids is 1. The molecule has 0 aliphatic carbocycles. The molecule has 2 rings (SSSR count). The molecule has 0 radical (unpaired) electrons. The first-order valence-electron chi connectivity index (χ1n) is 6.83. The van der Waals surface area contributed by atoms with E-state index in [-0.39, 0.29) is 11.4 Å². The lowest BCUT2D eigenvalue weighted by Gasteiger charge is -2.46. The predicted octanol–water partition coefficient (Wildman–Crippen LogP) is 4.24. The molecule has 0 spiro atoms. The molecule has 1 amide bonds. The third-order valence-electron chi connectivity index (χ3n) is 3.93. The van der Waals surface area contributed by atoms with Gasteiger partial charge in [0.2, 0.25) is 5.91 Å². The van der Waals surface area contributed by atoms with Crippen molar-refractivity contribution in [1.82, 2.24) is 0 Å². The monoisotopic (exact) mass is 279 g/mol. The van der Waals surface area contributed by atoms with E-state index in [1.165, 1.54) is 11.1 Å². The summed E-state index contributed by atoms with van der Waals surface area (Å²) in [4.78, 5) is 14.4. The molecule has 2 nitrogen and oxygen atoms in total. The molecule has 1 aliphatic heterocycles. The summed E-state index contributed by atoms with van der Waals surface area (Å²) in [6, 6.07) is 6.31. The van der Waals surface area contributed by atoms with Gasteiger partial charge in [-0.1, -0.05) is 24.6 Å². The second kappa shape index (κ2) is 4.82. The van der Waals surface area contributed by atoms with E-state index in [1.807, 2.05) is 4.90 Å².